The molecule has 6 heteroatoms. The van der Waals surface area contributed by atoms with Crippen LogP contribution in [0.5, 0.6) is 0 Å². The lowest BCUT2D eigenvalue weighted by atomic mass is 9.76. The Morgan fingerprint density at radius 2 is 1.95 bits per heavy atom. The zero-order valence-corrected chi connectivity index (χ0v) is 12.8. The number of amides is 1. The predicted molar refractivity (Wildman–Crippen MR) is 75.7 cm³/mol. The Labute approximate surface area is 120 Å². The van der Waals surface area contributed by atoms with Gasteiger partial charge in [-0.15, -0.1) is 0 Å². The number of carbonyl (C=O) groups excluding carboxylic acids is 1. The zero-order valence-electron chi connectivity index (χ0n) is 12.8. The van der Waals surface area contributed by atoms with E-state index in [-0.39, 0.29) is 24.5 Å². The molecule has 1 unspecified atom stereocenters. The summed E-state index contributed by atoms with van der Waals surface area (Å²) >= 11 is 0. The smallest absolute Gasteiger partial charge is 0.261 e. The topological polar surface area (TPSA) is 64.4 Å². The van der Waals surface area contributed by atoms with Crippen molar-refractivity contribution in [2.24, 2.45) is 17.1 Å². The van der Waals surface area contributed by atoms with Crippen molar-refractivity contribution in [1.82, 2.24) is 5.32 Å². The molecule has 0 spiro atoms. The minimum atomic E-state index is -2.46. The van der Waals surface area contributed by atoms with Gasteiger partial charge >= 0.3 is 0 Å². The minimum Gasteiger partial charge on any atom is -0.374 e. The Kier molecular flexibility index (Phi) is 9.67. The van der Waals surface area contributed by atoms with E-state index in [0.717, 1.165) is 12.8 Å². The second-order valence-corrected chi connectivity index (χ2v) is 5.99. The number of alkyl halides is 2. The fourth-order valence-corrected chi connectivity index (χ4v) is 2.04. The maximum Gasteiger partial charge on any atom is 0.261 e. The van der Waals surface area contributed by atoms with Gasteiger partial charge < -0.3 is 15.8 Å². The zero-order chi connectivity index (χ0) is 15.6. The van der Waals surface area contributed by atoms with Crippen LogP contribution in [0, 0.1) is 11.3 Å². The van der Waals surface area contributed by atoms with Gasteiger partial charge in [-0.2, -0.15) is 0 Å². The van der Waals surface area contributed by atoms with E-state index in [4.69, 9.17) is 5.73 Å². The minimum absolute atomic E-state index is 0.0723. The SMILES string of the molecule is CC(C)(C)C(CCN)CCC(=O)NCCOCC(F)F. The molecule has 3 N–H and O–H groups in total. The third kappa shape index (κ3) is 10.1. The van der Waals surface area contributed by atoms with Gasteiger partial charge in [0, 0.05) is 13.0 Å². The lowest BCUT2D eigenvalue weighted by Crippen LogP contribution is -2.30. The number of hydrogen-bond acceptors (Lipinski definition) is 3. The number of halogens is 2. The number of rotatable bonds is 10. The lowest BCUT2D eigenvalue weighted by Gasteiger charge is -2.30. The molecular formula is C14H28F2N2O2. The van der Waals surface area contributed by atoms with Gasteiger partial charge in [0.05, 0.1) is 6.61 Å². The molecule has 0 saturated carbocycles. The van der Waals surface area contributed by atoms with Crippen LogP contribution in [0.25, 0.3) is 0 Å². The molecule has 0 aliphatic rings. The third-order valence-electron chi connectivity index (χ3n) is 3.27. The van der Waals surface area contributed by atoms with E-state index in [1.54, 1.807) is 0 Å². The van der Waals surface area contributed by atoms with Crippen LogP contribution in [-0.2, 0) is 9.53 Å². The van der Waals surface area contributed by atoms with Crippen molar-refractivity contribution in [3.63, 3.8) is 0 Å². The highest BCUT2D eigenvalue weighted by Gasteiger charge is 2.24. The van der Waals surface area contributed by atoms with Crippen LogP contribution in [0.15, 0.2) is 0 Å². The summed E-state index contributed by atoms with van der Waals surface area (Å²) in [6.45, 7) is 6.84. The Morgan fingerprint density at radius 3 is 2.45 bits per heavy atom. The number of ether oxygens (including phenoxy) is 1. The molecule has 0 aliphatic carbocycles. The van der Waals surface area contributed by atoms with E-state index >= 15 is 0 Å². The summed E-state index contributed by atoms with van der Waals surface area (Å²) < 4.78 is 28.3. The molecule has 0 radical (unpaired) electrons. The van der Waals surface area contributed by atoms with Crippen molar-refractivity contribution in [2.75, 3.05) is 26.3 Å². The van der Waals surface area contributed by atoms with Crippen LogP contribution in [0.1, 0.15) is 40.0 Å². The average Bonchev–Trinajstić information content (AvgIpc) is 2.32. The molecule has 0 aliphatic heterocycles. The normalized spacial score (nSPS) is 13.6. The molecule has 0 aromatic heterocycles. The largest absolute Gasteiger partial charge is 0.374 e. The molecule has 0 saturated heterocycles. The first-order chi connectivity index (χ1) is 9.27. The van der Waals surface area contributed by atoms with E-state index < -0.39 is 13.0 Å². The van der Waals surface area contributed by atoms with Gasteiger partial charge in [-0.25, -0.2) is 8.78 Å². The summed E-state index contributed by atoms with van der Waals surface area (Å²) in [6.07, 6.45) is -0.357. The second-order valence-electron chi connectivity index (χ2n) is 5.99. The molecule has 4 nitrogen and oxygen atoms in total. The average molecular weight is 294 g/mol. The van der Waals surface area contributed by atoms with Crippen molar-refractivity contribution in [2.45, 2.75) is 46.5 Å². The van der Waals surface area contributed by atoms with E-state index in [9.17, 15) is 13.6 Å². The van der Waals surface area contributed by atoms with Gasteiger partial charge in [-0.05, 0) is 30.7 Å². The molecule has 0 fully saturated rings. The highest BCUT2D eigenvalue weighted by Crippen LogP contribution is 2.31. The first kappa shape index (κ1) is 19.2. The molecule has 0 heterocycles. The van der Waals surface area contributed by atoms with Crippen LogP contribution >= 0.6 is 0 Å². The van der Waals surface area contributed by atoms with Crippen LogP contribution in [0.2, 0.25) is 0 Å². The molecular weight excluding hydrogens is 266 g/mol. The molecule has 120 valence electrons. The van der Waals surface area contributed by atoms with Crippen LogP contribution in [0.3, 0.4) is 0 Å². The Morgan fingerprint density at radius 1 is 1.30 bits per heavy atom. The standard InChI is InChI=1S/C14H28F2N2O2/c1-14(2,3)11(6-7-17)4-5-13(19)18-8-9-20-10-12(15)16/h11-12H,4-10,17H2,1-3H3,(H,18,19). The van der Waals surface area contributed by atoms with Crippen LogP contribution in [-0.4, -0.2) is 38.6 Å². The van der Waals surface area contributed by atoms with E-state index in [2.05, 4.69) is 30.8 Å². The van der Waals surface area contributed by atoms with Crippen LogP contribution < -0.4 is 11.1 Å². The third-order valence-corrected chi connectivity index (χ3v) is 3.27. The summed E-state index contributed by atoms with van der Waals surface area (Å²) in [5.41, 5.74) is 5.72. The number of hydrogen-bond donors (Lipinski definition) is 2. The molecule has 0 aromatic carbocycles. The van der Waals surface area contributed by atoms with Crippen molar-refractivity contribution >= 4 is 5.91 Å². The van der Waals surface area contributed by atoms with Crippen molar-refractivity contribution < 1.29 is 18.3 Å². The molecule has 0 aromatic rings. The van der Waals surface area contributed by atoms with Gasteiger partial charge in [0.1, 0.15) is 6.61 Å². The Balaban J connectivity index is 3.80. The monoisotopic (exact) mass is 294 g/mol. The highest BCUT2D eigenvalue weighted by atomic mass is 19.3. The highest BCUT2D eigenvalue weighted by molar-refractivity contribution is 5.75. The van der Waals surface area contributed by atoms with Crippen molar-refractivity contribution in [3.8, 4) is 0 Å². The number of nitrogens with two attached hydrogens (primary N) is 1. The molecule has 0 bridgehead atoms. The fraction of sp³-hybridized carbons (Fsp3) is 0.929. The maximum atomic E-state index is 11.8. The molecule has 1 amide bonds. The summed E-state index contributed by atoms with van der Waals surface area (Å²) in [6, 6.07) is 0. The first-order valence-electron chi connectivity index (χ1n) is 7.10. The number of nitrogens with one attached hydrogen (secondary N) is 1. The van der Waals surface area contributed by atoms with Gasteiger partial charge in [0.2, 0.25) is 5.91 Å². The first-order valence-corrected chi connectivity index (χ1v) is 7.10. The molecule has 1 atom stereocenters. The van der Waals surface area contributed by atoms with Gasteiger partial charge in [-0.3, -0.25) is 4.79 Å². The Hall–Kier alpha value is -0.750. The van der Waals surface area contributed by atoms with Crippen molar-refractivity contribution in [3.05, 3.63) is 0 Å². The van der Waals surface area contributed by atoms with Crippen molar-refractivity contribution in [1.29, 1.82) is 0 Å². The second kappa shape index (κ2) is 10.0. The summed E-state index contributed by atoms with van der Waals surface area (Å²) in [5, 5.41) is 2.67. The maximum absolute atomic E-state index is 11.8. The molecule has 0 rings (SSSR count). The number of carbonyl (C=O) groups is 1. The van der Waals surface area contributed by atoms with E-state index in [0.29, 0.717) is 18.9 Å². The quantitative estimate of drug-likeness (QED) is 0.607. The van der Waals surface area contributed by atoms with Gasteiger partial charge in [0.25, 0.3) is 6.43 Å². The lowest BCUT2D eigenvalue weighted by molar-refractivity contribution is -0.121. The van der Waals surface area contributed by atoms with E-state index in [1.165, 1.54) is 0 Å². The Bertz CT molecular complexity index is 268. The van der Waals surface area contributed by atoms with Crippen LogP contribution in [0.4, 0.5) is 8.78 Å². The summed E-state index contributed by atoms with van der Waals surface area (Å²) in [5.74, 6) is 0.324. The van der Waals surface area contributed by atoms with Gasteiger partial charge in [0.15, 0.2) is 0 Å². The van der Waals surface area contributed by atoms with E-state index in [1.807, 2.05) is 0 Å². The molecule has 20 heavy (non-hydrogen) atoms. The summed E-state index contributed by atoms with van der Waals surface area (Å²) in [7, 11) is 0. The predicted octanol–water partition coefficient (Wildman–Crippen LogP) is 2.18. The van der Waals surface area contributed by atoms with Gasteiger partial charge in [-0.1, -0.05) is 20.8 Å². The summed E-state index contributed by atoms with van der Waals surface area (Å²) in [4.78, 5) is 11.6. The fourth-order valence-electron chi connectivity index (χ4n) is 2.04.